The third kappa shape index (κ3) is 10.1. The van der Waals surface area contributed by atoms with Crippen LogP contribution >= 0.6 is 0 Å². The summed E-state index contributed by atoms with van der Waals surface area (Å²) < 4.78 is 0. The molecule has 3 aromatic heterocycles. The summed E-state index contributed by atoms with van der Waals surface area (Å²) in [5.74, 6) is 1.86. The van der Waals surface area contributed by atoms with Crippen molar-refractivity contribution in [3.8, 4) is 0 Å². The number of hydrogen-bond acceptors (Lipinski definition) is 6. The van der Waals surface area contributed by atoms with Gasteiger partial charge in [0.15, 0.2) is 0 Å². The summed E-state index contributed by atoms with van der Waals surface area (Å²) in [4.78, 5) is 18.3. The first-order valence-electron chi connectivity index (χ1n) is 17.3. The van der Waals surface area contributed by atoms with Crippen molar-refractivity contribution in [3.63, 3.8) is 0 Å². The molecule has 1 N–H and O–H groups in total. The van der Waals surface area contributed by atoms with Crippen molar-refractivity contribution in [1.29, 1.82) is 0 Å². The van der Waals surface area contributed by atoms with Gasteiger partial charge in [-0.3, -0.25) is 24.8 Å². The van der Waals surface area contributed by atoms with E-state index in [4.69, 9.17) is 0 Å². The van der Waals surface area contributed by atoms with Crippen molar-refractivity contribution < 1.29 is 0 Å². The molecule has 0 saturated carbocycles. The zero-order valence-electron chi connectivity index (χ0n) is 27.4. The SMILES string of the molecule is c1ccc(C2CCNC2)nc1.c1ccc(CN2CCC(c3ccccn3)C2)cc1.c1ccc(CN2CCC(c3ccccn3)C2)cc1. The van der Waals surface area contributed by atoms with Crippen molar-refractivity contribution in [3.05, 3.63) is 162 Å². The zero-order chi connectivity index (χ0) is 31.9. The van der Waals surface area contributed by atoms with Crippen molar-refractivity contribution in [2.45, 2.75) is 50.1 Å². The maximum atomic E-state index is 4.48. The molecule has 3 unspecified atom stereocenters. The highest BCUT2D eigenvalue weighted by atomic mass is 15.1. The molecule has 3 aliphatic heterocycles. The molecule has 242 valence electrons. The molecule has 6 heteroatoms. The fraction of sp³-hybridized carbons (Fsp3) is 0.341. The van der Waals surface area contributed by atoms with E-state index in [0.717, 1.165) is 39.3 Å². The first kappa shape index (κ1) is 32.7. The first-order chi connectivity index (χ1) is 23.3. The summed E-state index contributed by atoms with van der Waals surface area (Å²) in [5.41, 5.74) is 6.52. The van der Waals surface area contributed by atoms with Gasteiger partial charge in [-0.25, -0.2) is 0 Å². The Kier molecular flexibility index (Phi) is 12.3. The Balaban J connectivity index is 0.000000127. The van der Waals surface area contributed by atoms with E-state index in [-0.39, 0.29) is 0 Å². The molecule has 2 aromatic carbocycles. The molecule has 3 saturated heterocycles. The van der Waals surface area contributed by atoms with E-state index < -0.39 is 0 Å². The van der Waals surface area contributed by atoms with Gasteiger partial charge >= 0.3 is 0 Å². The Bertz CT molecular complexity index is 1450. The van der Waals surface area contributed by atoms with Crippen LogP contribution in [-0.2, 0) is 13.1 Å². The van der Waals surface area contributed by atoms with Crippen LogP contribution in [0, 0.1) is 0 Å². The minimum atomic E-state index is 0.606. The third-order valence-electron chi connectivity index (χ3n) is 9.42. The van der Waals surface area contributed by atoms with Crippen LogP contribution in [0.3, 0.4) is 0 Å². The van der Waals surface area contributed by atoms with Crippen LogP contribution in [0.25, 0.3) is 0 Å². The van der Waals surface area contributed by atoms with Crippen LogP contribution in [0.5, 0.6) is 0 Å². The quantitative estimate of drug-likeness (QED) is 0.205. The second kappa shape index (κ2) is 17.6. The molecule has 0 radical (unpaired) electrons. The molecule has 0 aliphatic carbocycles. The number of aromatic nitrogens is 3. The summed E-state index contributed by atoms with van der Waals surface area (Å²) in [6.07, 6.45) is 9.35. The number of pyridine rings is 3. The Morgan fingerprint density at radius 2 is 0.915 bits per heavy atom. The lowest BCUT2D eigenvalue weighted by atomic mass is 10.0. The third-order valence-corrected chi connectivity index (χ3v) is 9.42. The Morgan fingerprint density at radius 1 is 0.489 bits per heavy atom. The monoisotopic (exact) mass is 624 g/mol. The predicted octanol–water partition coefficient (Wildman–Crippen LogP) is 7.30. The molecular weight excluding hydrogens is 576 g/mol. The molecule has 3 aliphatic rings. The minimum Gasteiger partial charge on any atom is -0.316 e. The lowest BCUT2D eigenvalue weighted by molar-refractivity contribution is 0.326. The van der Waals surface area contributed by atoms with Gasteiger partial charge in [0, 0.05) is 86.1 Å². The van der Waals surface area contributed by atoms with Crippen molar-refractivity contribution in [2.75, 3.05) is 39.3 Å². The fourth-order valence-electron chi connectivity index (χ4n) is 6.88. The van der Waals surface area contributed by atoms with Crippen LogP contribution < -0.4 is 5.32 Å². The number of hydrogen-bond donors (Lipinski definition) is 1. The molecule has 6 nitrogen and oxygen atoms in total. The Hall–Kier alpha value is -4.23. The second-order valence-electron chi connectivity index (χ2n) is 12.9. The summed E-state index contributed by atoms with van der Waals surface area (Å²) in [6, 6.07) is 40.0. The highest BCUT2D eigenvalue weighted by molar-refractivity contribution is 5.18. The van der Waals surface area contributed by atoms with E-state index in [1.165, 1.54) is 60.6 Å². The molecule has 3 fully saturated rings. The van der Waals surface area contributed by atoms with Crippen LogP contribution in [-0.4, -0.2) is 64.0 Å². The van der Waals surface area contributed by atoms with Crippen LogP contribution in [0.15, 0.2) is 134 Å². The minimum absolute atomic E-state index is 0.606. The standard InChI is InChI=1S/2C16H18N2.C9H12N2/c2*1-2-6-14(7-3-1)12-18-11-9-15(13-18)16-8-4-5-10-17-16;1-2-5-11-9(3-1)8-4-6-10-7-8/h2*1-8,10,15H,9,11-13H2;1-3,5,8,10H,4,6-7H2. The number of nitrogens with one attached hydrogen (secondary N) is 1. The van der Waals surface area contributed by atoms with E-state index in [1.807, 2.05) is 36.8 Å². The predicted molar refractivity (Wildman–Crippen MR) is 191 cm³/mol. The highest BCUT2D eigenvalue weighted by Gasteiger charge is 2.25. The van der Waals surface area contributed by atoms with Gasteiger partial charge in [-0.1, -0.05) is 78.9 Å². The maximum absolute atomic E-state index is 4.48. The normalized spacial score (nSPS) is 21.0. The number of nitrogens with zero attached hydrogens (tertiary/aromatic N) is 5. The molecule has 3 atom stereocenters. The molecule has 0 bridgehead atoms. The number of rotatable bonds is 7. The van der Waals surface area contributed by atoms with Crippen LogP contribution in [0.2, 0.25) is 0 Å². The summed E-state index contributed by atoms with van der Waals surface area (Å²) in [5, 5.41) is 3.33. The zero-order valence-corrected chi connectivity index (χ0v) is 27.4. The van der Waals surface area contributed by atoms with Gasteiger partial charge in [-0.05, 0) is 86.4 Å². The van der Waals surface area contributed by atoms with Gasteiger partial charge in [0.05, 0.1) is 0 Å². The van der Waals surface area contributed by atoms with Crippen LogP contribution in [0.4, 0.5) is 0 Å². The smallest absolute Gasteiger partial charge is 0.0447 e. The lowest BCUT2D eigenvalue weighted by Crippen LogP contribution is -2.19. The number of likely N-dealkylation sites (tertiary alicyclic amines) is 2. The van der Waals surface area contributed by atoms with Gasteiger partial charge in [-0.15, -0.1) is 0 Å². The van der Waals surface area contributed by atoms with E-state index in [2.05, 4.69) is 127 Å². The van der Waals surface area contributed by atoms with E-state index in [1.54, 1.807) is 0 Å². The largest absolute Gasteiger partial charge is 0.316 e. The van der Waals surface area contributed by atoms with E-state index >= 15 is 0 Å². The fourth-order valence-corrected chi connectivity index (χ4v) is 6.88. The molecule has 6 heterocycles. The molecule has 8 rings (SSSR count). The number of benzene rings is 2. The van der Waals surface area contributed by atoms with Gasteiger partial charge in [0.25, 0.3) is 0 Å². The van der Waals surface area contributed by atoms with Crippen molar-refractivity contribution in [1.82, 2.24) is 30.1 Å². The van der Waals surface area contributed by atoms with Crippen LogP contribution in [0.1, 0.15) is 65.2 Å². The molecule has 5 aromatic rings. The van der Waals surface area contributed by atoms with Crippen molar-refractivity contribution in [2.24, 2.45) is 0 Å². The summed E-state index contributed by atoms with van der Waals surface area (Å²) in [7, 11) is 0. The van der Waals surface area contributed by atoms with Crippen molar-refractivity contribution >= 4 is 0 Å². The first-order valence-corrected chi connectivity index (χ1v) is 17.3. The summed E-state index contributed by atoms with van der Waals surface area (Å²) >= 11 is 0. The van der Waals surface area contributed by atoms with Gasteiger partial charge in [0.2, 0.25) is 0 Å². The van der Waals surface area contributed by atoms with Gasteiger partial charge < -0.3 is 5.32 Å². The molecule has 0 spiro atoms. The van der Waals surface area contributed by atoms with Gasteiger partial charge in [0.1, 0.15) is 0 Å². The van der Waals surface area contributed by atoms with E-state index in [9.17, 15) is 0 Å². The summed E-state index contributed by atoms with van der Waals surface area (Å²) in [6.45, 7) is 8.97. The topological polar surface area (TPSA) is 57.2 Å². The average molecular weight is 625 g/mol. The Morgan fingerprint density at radius 3 is 1.30 bits per heavy atom. The average Bonchev–Trinajstić information content (AvgIpc) is 3.95. The maximum Gasteiger partial charge on any atom is 0.0447 e. The van der Waals surface area contributed by atoms with E-state index in [0.29, 0.717) is 17.8 Å². The second-order valence-corrected chi connectivity index (χ2v) is 12.9. The molecule has 47 heavy (non-hydrogen) atoms. The Labute approximate surface area is 280 Å². The highest BCUT2D eigenvalue weighted by Crippen LogP contribution is 2.27. The lowest BCUT2D eigenvalue weighted by Gasteiger charge is -2.15. The molecule has 0 amide bonds. The molecular formula is C41H48N6. The van der Waals surface area contributed by atoms with Gasteiger partial charge in [-0.2, -0.15) is 0 Å².